The minimum absolute atomic E-state index is 0.0824. The van der Waals surface area contributed by atoms with Crippen molar-refractivity contribution in [1.82, 2.24) is 14.6 Å². The van der Waals surface area contributed by atoms with Gasteiger partial charge in [0.1, 0.15) is 36.2 Å². The molecule has 5 atom stereocenters. The van der Waals surface area contributed by atoms with Crippen LogP contribution in [0.4, 0.5) is 5.82 Å². The normalized spacial score (nSPS) is 28.4. The number of fused-ring (bicyclic) bond motifs is 1. The molecule has 2 aromatic rings. The maximum absolute atomic E-state index is 12.3. The van der Waals surface area contributed by atoms with E-state index in [1.165, 1.54) is 16.9 Å². The Kier molecular flexibility index (Phi) is 5.33. The maximum Gasteiger partial charge on any atom is 0.242 e. The van der Waals surface area contributed by atoms with Gasteiger partial charge < -0.3 is 31.1 Å². The van der Waals surface area contributed by atoms with E-state index in [0.717, 1.165) is 0 Å². The molecule has 2 aromatic heterocycles. The van der Waals surface area contributed by atoms with Gasteiger partial charge in [0.2, 0.25) is 11.5 Å². The topological polar surface area (TPSA) is 179 Å². The Balaban J connectivity index is 2.04. The third-order valence-corrected chi connectivity index (χ3v) is 4.90. The summed E-state index contributed by atoms with van der Waals surface area (Å²) in [5.74, 6) is -0.343. The van der Waals surface area contributed by atoms with Crippen LogP contribution < -0.4 is 11.1 Å². The Hall–Kier alpha value is -2.62. The third-order valence-electron chi connectivity index (χ3n) is 4.90. The fourth-order valence-corrected chi connectivity index (χ4v) is 3.14. The van der Waals surface area contributed by atoms with Crippen molar-refractivity contribution in [3.8, 4) is 6.07 Å². The van der Waals surface area contributed by atoms with E-state index in [2.05, 4.69) is 15.4 Å². The van der Waals surface area contributed by atoms with E-state index in [0.29, 0.717) is 5.52 Å². The highest BCUT2D eigenvalue weighted by atomic mass is 16.6. The number of aromatic nitrogens is 3. The van der Waals surface area contributed by atoms with Gasteiger partial charge in [-0.1, -0.05) is 13.8 Å². The number of nitrogens with one attached hydrogen (secondary N) is 1. The molecule has 0 spiro atoms. The second-order valence-corrected chi connectivity index (χ2v) is 7.01. The van der Waals surface area contributed by atoms with Gasteiger partial charge in [0.25, 0.3) is 0 Å². The number of ether oxygens (including phenoxy) is 1. The molecular formula is C17H22N6O5. The van der Waals surface area contributed by atoms with Crippen molar-refractivity contribution in [2.45, 2.75) is 43.8 Å². The number of aliphatic hydroxyl groups excluding tert-OH is 3. The van der Waals surface area contributed by atoms with Crippen molar-refractivity contribution in [2.24, 2.45) is 11.7 Å². The summed E-state index contributed by atoms with van der Waals surface area (Å²) in [7, 11) is 0. The molecule has 1 amide bonds. The molecule has 3 rings (SSSR count). The van der Waals surface area contributed by atoms with Crippen LogP contribution in [0, 0.1) is 17.2 Å². The molecule has 150 valence electrons. The lowest BCUT2D eigenvalue weighted by atomic mass is 9.92. The molecule has 0 unspecified atom stereocenters. The lowest BCUT2D eigenvalue weighted by Gasteiger charge is -2.24. The van der Waals surface area contributed by atoms with Crippen molar-refractivity contribution in [2.75, 3.05) is 11.9 Å². The van der Waals surface area contributed by atoms with Crippen LogP contribution in [0.25, 0.3) is 5.52 Å². The van der Waals surface area contributed by atoms with Gasteiger partial charge in [-0.2, -0.15) is 10.4 Å². The van der Waals surface area contributed by atoms with E-state index in [1.54, 1.807) is 6.07 Å². The quantitative estimate of drug-likeness (QED) is 0.405. The molecule has 0 saturated carbocycles. The van der Waals surface area contributed by atoms with E-state index < -0.39 is 42.5 Å². The summed E-state index contributed by atoms with van der Waals surface area (Å²) in [5.41, 5.74) is 4.36. The smallest absolute Gasteiger partial charge is 0.242 e. The molecular weight excluding hydrogens is 368 g/mol. The first kappa shape index (κ1) is 20.1. The van der Waals surface area contributed by atoms with Gasteiger partial charge in [0, 0.05) is 0 Å². The number of hydrogen-bond acceptors (Lipinski definition) is 9. The monoisotopic (exact) mass is 390 g/mol. The van der Waals surface area contributed by atoms with Gasteiger partial charge in [0.05, 0.1) is 18.3 Å². The molecule has 1 aliphatic rings. The number of anilines is 1. The molecule has 0 aliphatic carbocycles. The fourth-order valence-electron chi connectivity index (χ4n) is 3.14. The summed E-state index contributed by atoms with van der Waals surface area (Å²) in [6.07, 6.45) is -3.04. The molecule has 0 radical (unpaired) electrons. The van der Waals surface area contributed by atoms with Gasteiger partial charge in [-0.25, -0.2) is 9.50 Å². The zero-order valence-electron chi connectivity index (χ0n) is 15.4. The molecule has 11 nitrogen and oxygen atoms in total. The molecule has 0 aromatic carbocycles. The first-order valence-corrected chi connectivity index (χ1v) is 8.72. The summed E-state index contributed by atoms with van der Waals surface area (Å²) < 4.78 is 6.80. The number of nitriles is 1. The Morgan fingerprint density at radius 2 is 2.21 bits per heavy atom. The van der Waals surface area contributed by atoms with Crippen LogP contribution in [-0.2, 0) is 15.1 Å². The predicted octanol–water partition coefficient (Wildman–Crippen LogP) is -1.52. The van der Waals surface area contributed by atoms with Crippen LogP contribution >= 0.6 is 0 Å². The van der Waals surface area contributed by atoms with Crippen LogP contribution in [0.2, 0.25) is 0 Å². The van der Waals surface area contributed by atoms with Crippen LogP contribution in [0.1, 0.15) is 19.5 Å². The Morgan fingerprint density at radius 1 is 1.50 bits per heavy atom. The SMILES string of the molecule is CC(C)[C@H](N)C(=O)Nc1ncnn2c([C@]3(C#N)O[C@H](CO)[C@@H](O)[C@H]3O)ccc12. The van der Waals surface area contributed by atoms with Crippen molar-refractivity contribution in [1.29, 1.82) is 5.26 Å². The number of aliphatic hydroxyl groups is 3. The summed E-state index contributed by atoms with van der Waals surface area (Å²) in [4.78, 5) is 16.3. The summed E-state index contributed by atoms with van der Waals surface area (Å²) in [6, 6.07) is 4.15. The summed E-state index contributed by atoms with van der Waals surface area (Å²) in [5, 5.41) is 46.3. The first-order valence-electron chi connectivity index (χ1n) is 8.72. The highest BCUT2D eigenvalue weighted by Crippen LogP contribution is 2.40. The standard InChI is InChI=1S/C17H22N6O5/c1-8(2)12(19)16(27)22-15-9-3-4-11(23(9)21-7-20-15)17(6-18)14(26)13(25)10(5-24)28-17/h3-4,7-8,10,12-14,24-26H,5,19H2,1-2H3,(H,20,21,22,27)/t10-,12+,13-,14-,17+/m1/s1. The van der Waals surface area contributed by atoms with E-state index >= 15 is 0 Å². The van der Waals surface area contributed by atoms with E-state index in [9.17, 15) is 25.4 Å². The number of nitrogens with zero attached hydrogens (tertiary/aromatic N) is 4. The minimum atomic E-state index is -1.96. The number of carbonyl (C=O) groups excluding carboxylic acids is 1. The second-order valence-electron chi connectivity index (χ2n) is 7.01. The van der Waals surface area contributed by atoms with Crippen molar-refractivity contribution in [3.63, 3.8) is 0 Å². The van der Waals surface area contributed by atoms with Gasteiger partial charge in [0.15, 0.2) is 5.82 Å². The van der Waals surface area contributed by atoms with Gasteiger partial charge >= 0.3 is 0 Å². The molecule has 3 heterocycles. The number of amides is 1. The number of nitrogens with two attached hydrogens (primary N) is 1. The Bertz CT molecular complexity index is 924. The van der Waals surface area contributed by atoms with E-state index in [1.807, 2.05) is 19.9 Å². The minimum Gasteiger partial charge on any atom is -0.394 e. The summed E-state index contributed by atoms with van der Waals surface area (Å²) >= 11 is 0. The largest absolute Gasteiger partial charge is 0.394 e. The molecule has 0 bridgehead atoms. The molecule has 28 heavy (non-hydrogen) atoms. The Labute approximate surface area is 160 Å². The number of hydrogen-bond donors (Lipinski definition) is 5. The molecule has 6 N–H and O–H groups in total. The van der Waals surface area contributed by atoms with Crippen molar-refractivity contribution in [3.05, 3.63) is 24.2 Å². The molecule has 1 saturated heterocycles. The highest BCUT2D eigenvalue weighted by molar-refractivity contribution is 5.97. The van der Waals surface area contributed by atoms with Crippen molar-refractivity contribution >= 4 is 17.2 Å². The average Bonchev–Trinajstić information content (AvgIpc) is 3.22. The zero-order chi connectivity index (χ0) is 20.6. The van der Waals surface area contributed by atoms with Gasteiger partial charge in [-0.3, -0.25) is 4.79 Å². The first-order chi connectivity index (χ1) is 13.3. The van der Waals surface area contributed by atoms with E-state index in [-0.39, 0.29) is 17.4 Å². The molecule has 11 heteroatoms. The molecule has 1 fully saturated rings. The fraction of sp³-hybridized carbons (Fsp3) is 0.529. The molecule has 1 aliphatic heterocycles. The van der Waals surface area contributed by atoms with E-state index in [4.69, 9.17) is 10.5 Å². The lowest BCUT2D eigenvalue weighted by Crippen LogP contribution is -2.41. The van der Waals surface area contributed by atoms with Gasteiger partial charge in [-0.05, 0) is 18.1 Å². The maximum atomic E-state index is 12.3. The van der Waals surface area contributed by atoms with Crippen LogP contribution in [0.3, 0.4) is 0 Å². The Morgan fingerprint density at radius 3 is 2.79 bits per heavy atom. The number of rotatable bonds is 5. The predicted molar refractivity (Wildman–Crippen MR) is 95.7 cm³/mol. The number of carbonyl (C=O) groups is 1. The van der Waals surface area contributed by atoms with Crippen LogP contribution in [-0.4, -0.2) is 66.8 Å². The zero-order valence-corrected chi connectivity index (χ0v) is 15.4. The van der Waals surface area contributed by atoms with Crippen LogP contribution in [0.15, 0.2) is 18.5 Å². The average molecular weight is 390 g/mol. The third kappa shape index (κ3) is 3.01. The summed E-state index contributed by atoms with van der Waals surface area (Å²) in [6.45, 7) is 3.05. The second kappa shape index (κ2) is 7.42. The highest BCUT2D eigenvalue weighted by Gasteiger charge is 2.57. The van der Waals surface area contributed by atoms with Crippen molar-refractivity contribution < 1.29 is 24.9 Å². The lowest BCUT2D eigenvalue weighted by molar-refractivity contribution is -0.118. The van der Waals surface area contributed by atoms with Gasteiger partial charge in [-0.15, -0.1) is 0 Å². The van der Waals surface area contributed by atoms with Crippen LogP contribution in [0.5, 0.6) is 0 Å².